The minimum atomic E-state index is -0.283. The molecule has 1 aliphatic rings. The zero-order valence-electron chi connectivity index (χ0n) is 11.3. The average molecular weight is 280 g/mol. The molecule has 0 bridgehead atoms. The van der Waals surface area contributed by atoms with Crippen LogP contribution >= 0.6 is 0 Å². The van der Waals surface area contributed by atoms with E-state index in [2.05, 4.69) is 6.07 Å². The lowest BCUT2D eigenvalue weighted by molar-refractivity contribution is -0.119. The second-order valence-electron chi connectivity index (χ2n) is 5.07. The molecule has 1 aliphatic heterocycles. The predicted molar refractivity (Wildman–Crippen MR) is 77.1 cm³/mol. The molecule has 0 saturated heterocycles. The summed E-state index contributed by atoms with van der Waals surface area (Å²) in [6.07, 6.45) is 0.953. The summed E-state index contributed by atoms with van der Waals surface area (Å²) in [6, 6.07) is 13.8. The minimum Gasteiger partial charge on any atom is -0.308 e. The Morgan fingerprint density at radius 3 is 2.86 bits per heavy atom. The van der Waals surface area contributed by atoms with Crippen LogP contribution in [0, 0.1) is 17.1 Å². The van der Waals surface area contributed by atoms with Crippen molar-refractivity contribution in [1.82, 2.24) is 0 Å². The number of carbonyl (C=O) groups excluding carboxylic acids is 1. The highest BCUT2D eigenvalue weighted by atomic mass is 19.1. The fraction of sp³-hybridized carbons (Fsp3) is 0.176. The van der Waals surface area contributed by atoms with E-state index in [9.17, 15) is 9.18 Å². The number of hydrogen-bond acceptors (Lipinski definition) is 2. The first-order chi connectivity index (χ1) is 10.2. The van der Waals surface area contributed by atoms with Crippen LogP contribution < -0.4 is 4.90 Å². The van der Waals surface area contributed by atoms with Gasteiger partial charge in [0.15, 0.2) is 0 Å². The molecule has 1 amide bonds. The Bertz CT molecular complexity index is 749. The number of amides is 1. The lowest BCUT2D eigenvalue weighted by Crippen LogP contribution is -2.34. The van der Waals surface area contributed by atoms with Crippen molar-refractivity contribution in [2.45, 2.75) is 19.4 Å². The molecule has 0 atom stereocenters. The van der Waals surface area contributed by atoms with Crippen LogP contribution in [0.15, 0.2) is 42.5 Å². The van der Waals surface area contributed by atoms with Gasteiger partial charge in [-0.15, -0.1) is 0 Å². The van der Waals surface area contributed by atoms with E-state index >= 15 is 0 Å². The summed E-state index contributed by atoms with van der Waals surface area (Å²) in [6.45, 7) is 0.396. The summed E-state index contributed by atoms with van der Waals surface area (Å²) in [4.78, 5) is 13.8. The van der Waals surface area contributed by atoms with E-state index < -0.39 is 0 Å². The van der Waals surface area contributed by atoms with Gasteiger partial charge in [-0.2, -0.15) is 5.26 Å². The van der Waals surface area contributed by atoms with Gasteiger partial charge < -0.3 is 4.90 Å². The standard InChI is InChI=1S/C17H13FN2O/c18-15-5-6-16-14(9-15)4-7-17(21)20(16)11-13-3-1-2-12(8-13)10-19/h1-3,5-6,8-9H,4,7,11H2. The molecule has 3 nitrogen and oxygen atoms in total. The Morgan fingerprint density at radius 2 is 2.05 bits per heavy atom. The first kappa shape index (κ1) is 13.3. The van der Waals surface area contributed by atoms with Crippen molar-refractivity contribution in [2.75, 3.05) is 4.90 Å². The maximum atomic E-state index is 13.3. The number of fused-ring (bicyclic) bond motifs is 1. The zero-order valence-corrected chi connectivity index (χ0v) is 11.3. The Morgan fingerprint density at radius 1 is 1.19 bits per heavy atom. The highest BCUT2D eigenvalue weighted by molar-refractivity contribution is 5.96. The van der Waals surface area contributed by atoms with E-state index in [0.717, 1.165) is 16.8 Å². The Balaban J connectivity index is 1.95. The van der Waals surface area contributed by atoms with Crippen LogP contribution in [0.1, 0.15) is 23.1 Å². The van der Waals surface area contributed by atoms with E-state index in [1.165, 1.54) is 12.1 Å². The van der Waals surface area contributed by atoms with Gasteiger partial charge in [0.05, 0.1) is 18.2 Å². The zero-order chi connectivity index (χ0) is 14.8. The number of nitriles is 1. The van der Waals surface area contributed by atoms with Gasteiger partial charge in [0, 0.05) is 12.1 Å². The second-order valence-corrected chi connectivity index (χ2v) is 5.07. The topological polar surface area (TPSA) is 44.1 Å². The number of benzene rings is 2. The van der Waals surface area contributed by atoms with Crippen LogP contribution in [0.3, 0.4) is 0 Å². The Kier molecular flexibility index (Phi) is 3.41. The van der Waals surface area contributed by atoms with Gasteiger partial charge in [0.2, 0.25) is 5.91 Å². The molecule has 0 spiro atoms. The molecule has 1 heterocycles. The number of anilines is 1. The van der Waals surface area contributed by atoms with Crippen molar-refractivity contribution in [3.63, 3.8) is 0 Å². The molecule has 3 rings (SSSR count). The van der Waals surface area contributed by atoms with Crippen molar-refractivity contribution in [3.05, 3.63) is 65.0 Å². The summed E-state index contributed by atoms with van der Waals surface area (Å²) in [5, 5.41) is 8.94. The van der Waals surface area contributed by atoms with E-state index in [1.807, 2.05) is 6.07 Å². The molecule has 4 heteroatoms. The fourth-order valence-corrected chi connectivity index (χ4v) is 2.62. The molecule has 0 aromatic heterocycles. The summed E-state index contributed by atoms with van der Waals surface area (Å²) in [7, 11) is 0. The van der Waals surface area contributed by atoms with Gasteiger partial charge in [-0.3, -0.25) is 4.79 Å². The Hall–Kier alpha value is -2.67. The predicted octanol–water partition coefficient (Wildman–Crippen LogP) is 3.18. The van der Waals surface area contributed by atoms with Crippen molar-refractivity contribution in [2.24, 2.45) is 0 Å². The number of hydrogen-bond donors (Lipinski definition) is 0. The molecule has 0 fully saturated rings. The third-order valence-electron chi connectivity index (χ3n) is 3.64. The van der Waals surface area contributed by atoms with Gasteiger partial charge in [-0.05, 0) is 47.9 Å². The number of nitrogens with zero attached hydrogens (tertiary/aromatic N) is 2. The molecule has 0 radical (unpaired) electrons. The van der Waals surface area contributed by atoms with Crippen LogP contribution in [-0.2, 0) is 17.8 Å². The summed E-state index contributed by atoms with van der Waals surface area (Å²) in [5.41, 5.74) is 3.07. The highest BCUT2D eigenvalue weighted by Gasteiger charge is 2.24. The van der Waals surface area contributed by atoms with Crippen molar-refractivity contribution in [3.8, 4) is 6.07 Å². The lowest BCUT2D eigenvalue weighted by Gasteiger charge is -2.29. The normalized spacial score (nSPS) is 13.7. The van der Waals surface area contributed by atoms with Gasteiger partial charge >= 0.3 is 0 Å². The summed E-state index contributed by atoms with van der Waals surface area (Å²) in [5.74, 6) is -0.258. The molecule has 0 N–H and O–H groups in total. The molecule has 21 heavy (non-hydrogen) atoms. The maximum Gasteiger partial charge on any atom is 0.227 e. The van der Waals surface area contributed by atoms with Crippen molar-refractivity contribution >= 4 is 11.6 Å². The molecule has 0 aliphatic carbocycles. The molecular formula is C17H13FN2O. The number of rotatable bonds is 2. The van der Waals surface area contributed by atoms with Crippen molar-refractivity contribution < 1.29 is 9.18 Å². The van der Waals surface area contributed by atoms with Crippen LogP contribution in [0.5, 0.6) is 0 Å². The molecule has 2 aromatic rings. The van der Waals surface area contributed by atoms with Crippen LogP contribution in [0.4, 0.5) is 10.1 Å². The molecule has 0 saturated carbocycles. The summed E-state index contributed by atoms with van der Waals surface area (Å²) >= 11 is 0. The molecular weight excluding hydrogens is 267 g/mol. The minimum absolute atomic E-state index is 0.0245. The summed E-state index contributed by atoms with van der Waals surface area (Å²) < 4.78 is 13.3. The largest absolute Gasteiger partial charge is 0.308 e. The monoisotopic (exact) mass is 280 g/mol. The first-order valence-corrected chi connectivity index (χ1v) is 6.75. The molecule has 0 unspecified atom stereocenters. The number of aryl methyl sites for hydroxylation is 1. The van der Waals surface area contributed by atoms with Crippen LogP contribution in [0.2, 0.25) is 0 Å². The highest BCUT2D eigenvalue weighted by Crippen LogP contribution is 2.29. The first-order valence-electron chi connectivity index (χ1n) is 6.75. The second kappa shape index (κ2) is 5.37. The van der Waals surface area contributed by atoms with E-state index in [-0.39, 0.29) is 11.7 Å². The molecule has 2 aromatic carbocycles. The average Bonchev–Trinajstić information content (AvgIpc) is 2.50. The van der Waals surface area contributed by atoms with E-state index in [4.69, 9.17) is 5.26 Å². The van der Waals surface area contributed by atoms with Crippen LogP contribution in [-0.4, -0.2) is 5.91 Å². The third-order valence-corrected chi connectivity index (χ3v) is 3.64. The van der Waals surface area contributed by atoms with Crippen LogP contribution in [0.25, 0.3) is 0 Å². The maximum absolute atomic E-state index is 13.3. The quantitative estimate of drug-likeness (QED) is 0.848. The van der Waals surface area contributed by atoms with E-state index in [1.54, 1.807) is 29.2 Å². The van der Waals surface area contributed by atoms with Gasteiger partial charge in [0.25, 0.3) is 0 Å². The lowest BCUT2D eigenvalue weighted by atomic mass is 10.00. The Labute approximate surface area is 122 Å². The third kappa shape index (κ3) is 2.63. The van der Waals surface area contributed by atoms with Gasteiger partial charge in [-0.25, -0.2) is 4.39 Å². The molecule has 104 valence electrons. The SMILES string of the molecule is N#Cc1cccc(CN2C(=O)CCc3cc(F)ccc32)c1. The van der Waals surface area contributed by atoms with E-state index in [0.29, 0.717) is 24.9 Å². The van der Waals surface area contributed by atoms with Crippen molar-refractivity contribution in [1.29, 1.82) is 5.26 Å². The van der Waals surface area contributed by atoms with Gasteiger partial charge in [-0.1, -0.05) is 12.1 Å². The smallest absolute Gasteiger partial charge is 0.227 e. The van der Waals surface area contributed by atoms with Gasteiger partial charge in [0.1, 0.15) is 5.82 Å². The fourth-order valence-electron chi connectivity index (χ4n) is 2.62. The number of halogens is 1. The number of carbonyl (C=O) groups is 1.